The van der Waals surface area contributed by atoms with Crippen molar-refractivity contribution in [2.24, 2.45) is 5.73 Å². The number of hydrogen-bond donors (Lipinski definition) is 1. The van der Waals surface area contributed by atoms with Crippen molar-refractivity contribution in [2.75, 3.05) is 40.0 Å². The van der Waals surface area contributed by atoms with E-state index < -0.39 is 0 Å². The topological polar surface area (TPSA) is 47.7 Å². The molecule has 0 aromatic carbocycles. The molecule has 0 amide bonds. The van der Waals surface area contributed by atoms with Crippen LogP contribution in [0.3, 0.4) is 0 Å². The first-order valence-electron chi connectivity index (χ1n) is 7.27. The molecule has 0 atom stereocenters. The van der Waals surface area contributed by atoms with E-state index in [9.17, 15) is 0 Å². The maximum Gasteiger partial charge on any atom is 0.0590 e. The summed E-state index contributed by atoms with van der Waals surface area (Å²) in [6.45, 7) is 8.66. The van der Waals surface area contributed by atoms with Crippen molar-refractivity contribution < 1.29 is 9.47 Å². The Kier molecular flexibility index (Phi) is 7.15. The number of hydrogen-bond acceptors (Lipinski definition) is 4. The van der Waals surface area contributed by atoms with Gasteiger partial charge in [0.15, 0.2) is 0 Å². The average molecular weight is 258 g/mol. The molecule has 108 valence electrons. The molecule has 0 aromatic rings. The van der Waals surface area contributed by atoms with Crippen LogP contribution in [-0.4, -0.2) is 56.5 Å². The van der Waals surface area contributed by atoms with Crippen LogP contribution < -0.4 is 5.73 Å². The van der Waals surface area contributed by atoms with Gasteiger partial charge in [0.1, 0.15) is 0 Å². The standard InChI is InChI=1S/C14H30N2O2/c1-4-13(5-2)16(8-11-17-3)14(12-15)6-9-18-10-7-14/h13H,4-12,15H2,1-3H3. The molecule has 1 aliphatic rings. The summed E-state index contributed by atoms with van der Waals surface area (Å²) in [7, 11) is 1.77. The molecule has 1 fully saturated rings. The van der Waals surface area contributed by atoms with Crippen molar-refractivity contribution in [3.05, 3.63) is 0 Å². The summed E-state index contributed by atoms with van der Waals surface area (Å²) in [6.07, 6.45) is 4.43. The second-order valence-electron chi connectivity index (χ2n) is 5.20. The first-order chi connectivity index (χ1) is 8.74. The number of ether oxygens (including phenoxy) is 2. The molecule has 1 rings (SSSR count). The van der Waals surface area contributed by atoms with Gasteiger partial charge in [0.05, 0.1) is 6.61 Å². The van der Waals surface area contributed by atoms with E-state index in [1.165, 1.54) is 12.8 Å². The predicted octanol–water partition coefficient (Wildman–Crippen LogP) is 1.63. The SMILES string of the molecule is CCC(CC)N(CCOC)C1(CN)CCOCC1. The Labute approximate surface area is 112 Å². The van der Waals surface area contributed by atoms with Crippen LogP contribution in [0.5, 0.6) is 0 Å². The summed E-state index contributed by atoms with van der Waals surface area (Å²) in [5.74, 6) is 0. The van der Waals surface area contributed by atoms with Crippen LogP contribution >= 0.6 is 0 Å². The van der Waals surface area contributed by atoms with Gasteiger partial charge in [0.2, 0.25) is 0 Å². The van der Waals surface area contributed by atoms with Crippen molar-refractivity contribution in [3.63, 3.8) is 0 Å². The van der Waals surface area contributed by atoms with E-state index in [1.807, 2.05) is 0 Å². The molecule has 4 nitrogen and oxygen atoms in total. The van der Waals surface area contributed by atoms with Gasteiger partial charge < -0.3 is 15.2 Å². The molecule has 1 heterocycles. The summed E-state index contributed by atoms with van der Waals surface area (Å²) in [5, 5.41) is 0. The maximum absolute atomic E-state index is 6.12. The smallest absolute Gasteiger partial charge is 0.0590 e. The molecule has 4 heteroatoms. The molecule has 2 N–H and O–H groups in total. The fraction of sp³-hybridized carbons (Fsp3) is 1.00. The Balaban J connectivity index is 2.82. The third-order valence-electron chi connectivity index (χ3n) is 4.33. The Morgan fingerprint density at radius 1 is 1.28 bits per heavy atom. The molecule has 0 bridgehead atoms. The Bertz CT molecular complexity index is 214. The summed E-state index contributed by atoms with van der Waals surface area (Å²) in [5.41, 5.74) is 6.24. The monoisotopic (exact) mass is 258 g/mol. The Morgan fingerprint density at radius 3 is 2.33 bits per heavy atom. The molecular formula is C14H30N2O2. The quantitative estimate of drug-likeness (QED) is 0.719. The zero-order valence-electron chi connectivity index (χ0n) is 12.3. The van der Waals surface area contributed by atoms with Crippen molar-refractivity contribution >= 4 is 0 Å². The van der Waals surface area contributed by atoms with Crippen LogP contribution in [0.1, 0.15) is 39.5 Å². The van der Waals surface area contributed by atoms with Crippen LogP contribution in [0, 0.1) is 0 Å². The van der Waals surface area contributed by atoms with Crippen LogP contribution in [-0.2, 0) is 9.47 Å². The maximum atomic E-state index is 6.12. The molecule has 1 aliphatic heterocycles. The van der Waals surface area contributed by atoms with Gasteiger partial charge in [0.25, 0.3) is 0 Å². The summed E-state index contributed by atoms with van der Waals surface area (Å²) in [4.78, 5) is 2.60. The van der Waals surface area contributed by atoms with Gasteiger partial charge in [-0.25, -0.2) is 0 Å². The predicted molar refractivity (Wildman–Crippen MR) is 74.8 cm³/mol. The van der Waals surface area contributed by atoms with Crippen LogP contribution in [0.4, 0.5) is 0 Å². The highest BCUT2D eigenvalue weighted by Gasteiger charge is 2.39. The van der Waals surface area contributed by atoms with E-state index in [0.717, 1.165) is 45.8 Å². The van der Waals surface area contributed by atoms with Gasteiger partial charge in [-0.1, -0.05) is 13.8 Å². The molecule has 0 unspecified atom stereocenters. The second-order valence-corrected chi connectivity index (χ2v) is 5.20. The molecule has 0 radical (unpaired) electrons. The normalized spacial score (nSPS) is 19.7. The Morgan fingerprint density at radius 2 is 1.89 bits per heavy atom. The molecule has 0 aromatic heterocycles. The minimum Gasteiger partial charge on any atom is -0.383 e. The van der Waals surface area contributed by atoms with Crippen molar-refractivity contribution in [2.45, 2.75) is 51.1 Å². The minimum atomic E-state index is 0.119. The van der Waals surface area contributed by atoms with Gasteiger partial charge in [-0.2, -0.15) is 0 Å². The number of nitrogens with two attached hydrogens (primary N) is 1. The fourth-order valence-corrected chi connectivity index (χ4v) is 3.09. The van der Waals surface area contributed by atoms with Gasteiger partial charge in [-0.15, -0.1) is 0 Å². The summed E-state index contributed by atoms with van der Waals surface area (Å²) in [6, 6.07) is 0.599. The van der Waals surface area contributed by atoms with E-state index in [1.54, 1.807) is 7.11 Å². The first kappa shape index (κ1) is 15.9. The molecule has 1 saturated heterocycles. The summed E-state index contributed by atoms with van der Waals surface area (Å²) < 4.78 is 10.8. The highest BCUT2D eigenvalue weighted by molar-refractivity contribution is 4.96. The minimum absolute atomic E-state index is 0.119. The lowest BCUT2D eigenvalue weighted by molar-refractivity contribution is -0.0532. The van der Waals surface area contributed by atoms with Crippen molar-refractivity contribution in [1.82, 2.24) is 4.90 Å². The van der Waals surface area contributed by atoms with Crippen LogP contribution in [0.2, 0.25) is 0 Å². The average Bonchev–Trinajstić information content (AvgIpc) is 2.44. The highest BCUT2D eigenvalue weighted by Crippen LogP contribution is 2.30. The molecule has 18 heavy (non-hydrogen) atoms. The van der Waals surface area contributed by atoms with E-state index in [4.69, 9.17) is 15.2 Å². The van der Waals surface area contributed by atoms with Gasteiger partial charge in [0, 0.05) is 45.0 Å². The van der Waals surface area contributed by atoms with Crippen LogP contribution in [0.25, 0.3) is 0 Å². The summed E-state index contributed by atoms with van der Waals surface area (Å²) >= 11 is 0. The largest absolute Gasteiger partial charge is 0.383 e. The third kappa shape index (κ3) is 3.67. The molecule has 0 spiro atoms. The molecular weight excluding hydrogens is 228 g/mol. The van der Waals surface area contributed by atoms with Crippen molar-refractivity contribution in [3.8, 4) is 0 Å². The number of methoxy groups -OCH3 is 1. The lowest BCUT2D eigenvalue weighted by Gasteiger charge is -2.49. The van der Waals surface area contributed by atoms with E-state index in [-0.39, 0.29) is 5.54 Å². The van der Waals surface area contributed by atoms with Gasteiger partial charge in [-0.3, -0.25) is 4.90 Å². The lowest BCUT2D eigenvalue weighted by atomic mass is 9.85. The second kappa shape index (κ2) is 8.10. The van der Waals surface area contributed by atoms with Gasteiger partial charge >= 0.3 is 0 Å². The third-order valence-corrected chi connectivity index (χ3v) is 4.33. The van der Waals surface area contributed by atoms with E-state index in [2.05, 4.69) is 18.7 Å². The van der Waals surface area contributed by atoms with Gasteiger partial charge in [-0.05, 0) is 25.7 Å². The Hall–Kier alpha value is -0.160. The van der Waals surface area contributed by atoms with E-state index in [0.29, 0.717) is 6.04 Å². The highest BCUT2D eigenvalue weighted by atomic mass is 16.5. The lowest BCUT2D eigenvalue weighted by Crippen LogP contribution is -2.60. The van der Waals surface area contributed by atoms with Crippen molar-refractivity contribution in [1.29, 1.82) is 0 Å². The molecule has 0 saturated carbocycles. The molecule has 0 aliphatic carbocycles. The first-order valence-corrected chi connectivity index (χ1v) is 7.27. The number of rotatable bonds is 8. The fourth-order valence-electron chi connectivity index (χ4n) is 3.09. The van der Waals surface area contributed by atoms with Crippen LogP contribution in [0.15, 0.2) is 0 Å². The van der Waals surface area contributed by atoms with E-state index >= 15 is 0 Å². The zero-order chi connectivity index (χ0) is 13.4. The number of nitrogens with zero attached hydrogens (tertiary/aromatic N) is 1. The zero-order valence-corrected chi connectivity index (χ0v) is 12.3.